The summed E-state index contributed by atoms with van der Waals surface area (Å²) in [7, 11) is 0. The number of amides is 3. The summed E-state index contributed by atoms with van der Waals surface area (Å²) in [5.41, 5.74) is 1.33. The Morgan fingerprint density at radius 2 is 1.71 bits per heavy atom. The molecular weight excluding hydrogens is 416 g/mol. The van der Waals surface area contributed by atoms with E-state index in [4.69, 9.17) is 4.74 Å². The van der Waals surface area contributed by atoms with Crippen molar-refractivity contribution in [2.45, 2.75) is 38.8 Å². The van der Waals surface area contributed by atoms with E-state index in [0.717, 1.165) is 29.2 Å². The van der Waals surface area contributed by atoms with Crippen LogP contribution in [0.15, 0.2) is 29.6 Å². The van der Waals surface area contributed by atoms with Crippen molar-refractivity contribution < 1.29 is 19.1 Å². The van der Waals surface area contributed by atoms with Crippen LogP contribution in [-0.4, -0.2) is 70.8 Å². The van der Waals surface area contributed by atoms with Crippen LogP contribution < -0.4 is 10.1 Å². The second-order valence-electron chi connectivity index (χ2n) is 8.06. The second-order valence-corrected chi connectivity index (χ2v) is 8.92. The molecule has 2 aliphatic rings. The Morgan fingerprint density at radius 1 is 1.06 bits per heavy atom. The molecule has 1 aromatic carbocycles. The zero-order valence-electron chi connectivity index (χ0n) is 17.7. The zero-order chi connectivity index (χ0) is 22.0. The molecule has 0 bridgehead atoms. The van der Waals surface area contributed by atoms with E-state index in [0.29, 0.717) is 31.9 Å². The predicted molar refractivity (Wildman–Crippen MR) is 117 cm³/mol. The summed E-state index contributed by atoms with van der Waals surface area (Å²) in [4.78, 5) is 44.7. The summed E-state index contributed by atoms with van der Waals surface area (Å²) < 4.78 is 5.66. The normalized spacial score (nSPS) is 16.4. The van der Waals surface area contributed by atoms with Crippen LogP contribution >= 0.6 is 11.3 Å². The van der Waals surface area contributed by atoms with Gasteiger partial charge in [-0.25, -0.2) is 4.98 Å². The lowest BCUT2D eigenvalue weighted by Gasteiger charge is -2.34. The van der Waals surface area contributed by atoms with Crippen molar-refractivity contribution in [1.29, 1.82) is 0 Å². The third-order valence-corrected chi connectivity index (χ3v) is 6.05. The lowest BCUT2D eigenvalue weighted by Crippen LogP contribution is -2.54. The minimum Gasteiger partial charge on any atom is -0.491 e. The maximum atomic E-state index is 12.9. The Kier molecular flexibility index (Phi) is 6.22. The molecule has 1 aliphatic carbocycles. The predicted octanol–water partition coefficient (Wildman–Crippen LogP) is 2.16. The van der Waals surface area contributed by atoms with Crippen LogP contribution in [0, 0.1) is 0 Å². The summed E-state index contributed by atoms with van der Waals surface area (Å²) in [5.74, 6) is -0.419. The molecule has 1 saturated carbocycles. The van der Waals surface area contributed by atoms with Gasteiger partial charge >= 0.3 is 11.8 Å². The highest BCUT2D eigenvalue weighted by Crippen LogP contribution is 2.27. The van der Waals surface area contributed by atoms with Crippen LogP contribution in [0.5, 0.6) is 5.75 Å². The van der Waals surface area contributed by atoms with E-state index in [9.17, 15) is 14.4 Å². The standard InChI is InChI=1S/C22H26N4O4S/c1-14(2)30-17-7-3-15(4-8-17)20-24-18(13-31-20)21(28)25-9-11-26(12-10-25)22(29)19(27)23-16-5-6-16/h3-4,7-8,13-14,16H,5-6,9-12H2,1-2H3,(H,23,27). The average Bonchev–Trinajstić information content (AvgIpc) is 3.44. The van der Waals surface area contributed by atoms with Crippen LogP contribution in [0.25, 0.3) is 10.6 Å². The number of nitrogens with zero attached hydrogens (tertiary/aromatic N) is 3. The molecular formula is C22H26N4O4S. The van der Waals surface area contributed by atoms with Gasteiger partial charge in [0.05, 0.1) is 6.10 Å². The summed E-state index contributed by atoms with van der Waals surface area (Å²) >= 11 is 1.42. The second kappa shape index (κ2) is 9.05. The van der Waals surface area contributed by atoms with Gasteiger partial charge in [0.1, 0.15) is 16.5 Å². The molecule has 0 unspecified atom stereocenters. The summed E-state index contributed by atoms with van der Waals surface area (Å²) in [6.07, 6.45) is 1.98. The lowest BCUT2D eigenvalue weighted by atomic mass is 10.2. The minimum atomic E-state index is -0.545. The Balaban J connectivity index is 1.33. The van der Waals surface area contributed by atoms with Gasteiger partial charge in [-0.2, -0.15) is 0 Å². The van der Waals surface area contributed by atoms with E-state index in [1.54, 1.807) is 10.3 Å². The molecule has 8 nitrogen and oxygen atoms in total. The van der Waals surface area contributed by atoms with Crippen molar-refractivity contribution in [1.82, 2.24) is 20.1 Å². The van der Waals surface area contributed by atoms with Crippen molar-refractivity contribution in [3.05, 3.63) is 35.3 Å². The van der Waals surface area contributed by atoms with Gasteiger partial charge in [0.2, 0.25) is 0 Å². The van der Waals surface area contributed by atoms with Crippen molar-refractivity contribution in [2.75, 3.05) is 26.2 Å². The van der Waals surface area contributed by atoms with Crippen LogP contribution in [0.2, 0.25) is 0 Å². The van der Waals surface area contributed by atoms with E-state index >= 15 is 0 Å². The van der Waals surface area contributed by atoms with Crippen LogP contribution in [0.4, 0.5) is 0 Å². The highest BCUT2D eigenvalue weighted by atomic mass is 32.1. The molecule has 2 aromatic rings. The number of carbonyl (C=O) groups is 3. The molecule has 1 N–H and O–H groups in total. The first-order valence-corrected chi connectivity index (χ1v) is 11.4. The van der Waals surface area contributed by atoms with Crippen LogP contribution in [0.3, 0.4) is 0 Å². The molecule has 3 amide bonds. The topological polar surface area (TPSA) is 91.8 Å². The van der Waals surface area contributed by atoms with Gasteiger partial charge in [-0.15, -0.1) is 11.3 Å². The van der Waals surface area contributed by atoms with Gasteiger partial charge in [-0.3, -0.25) is 14.4 Å². The first kappa shape index (κ1) is 21.3. The number of aromatic nitrogens is 1. The zero-order valence-corrected chi connectivity index (χ0v) is 18.5. The smallest absolute Gasteiger partial charge is 0.312 e. The Morgan fingerprint density at radius 3 is 2.32 bits per heavy atom. The number of hydrogen-bond donors (Lipinski definition) is 1. The molecule has 31 heavy (non-hydrogen) atoms. The quantitative estimate of drug-likeness (QED) is 0.717. The fourth-order valence-corrected chi connectivity index (χ4v) is 4.15. The lowest BCUT2D eigenvalue weighted by molar-refractivity contribution is -0.146. The van der Waals surface area contributed by atoms with E-state index in [2.05, 4.69) is 10.3 Å². The van der Waals surface area contributed by atoms with E-state index in [1.807, 2.05) is 38.1 Å². The van der Waals surface area contributed by atoms with Gasteiger partial charge in [-0.1, -0.05) is 0 Å². The van der Waals surface area contributed by atoms with Gasteiger partial charge in [0, 0.05) is 43.2 Å². The van der Waals surface area contributed by atoms with Gasteiger partial charge in [0.15, 0.2) is 0 Å². The number of piperazine rings is 1. The number of thiazole rings is 1. The molecule has 164 valence electrons. The Bertz CT molecular complexity index is 960. The summed E-state index contributed by atoms with van der Waals surface area (Å²) in [6, 6.07) is 7.81. The van der Waals surface area contributed by atoms with E-state index in [1.165, 1.54) is 16.2 Å². The average molecular weight is 443 g/mol. The van der Waals surface area contributed by atoms with Crippen molar-refractivity contribution in [3.63, 3.8) is 0 Å². The van der Waals surface area contributed by atoms with Crippen LogP contribution in [0.1, 0.15) is 37.2 Å². The Labute approximate surface area is 185 Å². The summed E-state index contributed by atoms with van der Waals surface area (Å²) in [6.45, 7) is 5.41. The Hall–Kier alpha value is -2.94. The van der Waals surface area contributed by atoms with Crippen molar-refractivity contribution in [3.8, 4) is 16.3 Å². The number of carbonyl (C=O) groups excluding carboxylic acids is 3. The third-order valence-electron chi connectivity index (χ3n) is 5.16. The molecule has 1 saturated heterocycles. The highest BCUT2D eigenvalue weighted by molar-refractivity contribution is 7.13. The molecule has 0 spiro atoms. The largest absolute Gasteiger partial charge is 0.491 e. The number of benzene rings is 1. The molecule has 4 rings (SSSR count). The number of ether oxygens (including phenoxy) is 1. The molecule has 2 fully saturated rings. The third kappa shape index (κ3) is 5.22. The fourth-order valence-electron chi connectivity index (χ4n) is 3.35. The van der Waals surface area contributed by atoms with E-state index < -0.39 is 11.8 Å². The maximum absolute atomic E-state index is 12.9. The fraction of sp³-hybridized carbons (Fsp3) is 0.455. The maximum Gasteiger partial charge on any atom is 0.312 e. The first-order valence-electron chi connectivity index (χ1n) is 10.5. The highest BCUT2D eigenvalue weighted by Gasteiger charge is 2.32. The van der Waals surface area contributed by atoms with E-state index in [-0.39, 0.29) is 18.1 Å². The molecule has 0 radical (unpaired) electrons. The van der Waals surface area contributed by atoms with Gasteiger partial charge in [-0.05, 0) is 51.0 Å². The monoisotopic (exact) mass is 442 g/mol. The molecule has 1 aliphatic heterocycles. The van der Waals surface area contributed by atoms with Gasteiger partial charge < -0.3 is 19.9 Å². The minimum absolute atomic E-state index is 0.110. The van der Waals surface area contributed by atoms with Crippen LogP contribution in [-0.2, 0) is 9.59 Å². The molecule has 2 heterocycles. The number of nitrogens with one attached hydrogen (secondary N) is 1. The molecule has 9 heteroatoms. The number of rotatable bonds is 5. The van der Waals surface area contributed by atoms with Crippen molar-refractivity contribution >= 4 is 29.1 Å². The molecule has 0 atom stereocenters. The summed E-state index contributed by atoms with van der Waals surface area (Å²) in [5, 5.41) is 5.24. The SMILES string of the molecule is CC(C)Oc1ccc(-c2nc(C(=O)N3CCN(C(=O)C(=O)NC4CC4)CC3)cs2)cc1. The van der Waals surface area contributed by atoms with Gasteiger partial charge in [0.25, 0.3) is 5.91 Å². The molecule has 1 aromatic heterocycles. The van der Waals surface area contributed by atoms with Crippen molar-refractivity contribution in [2.24, 2.45) is 0 Å². The first-order chi connectivity index (χ1) is 14.9. The number of hydrogen-bond acceptors (Lipinski definition) is 6.